The Kier molecular flexibility index (Phi) is 9.64. The number of carbonyl (C=O) groups excluding carboxylic acids is 1. The molecule has 0 heterocycles. The minimum atomic E-state index is -2.74. The summed E-state index contributed by atoms with van der Waals surface area (Å²) >= 11 is 1.91. The van der Waals surface area contributed by atoms with Crippen LogP contribution in [0.25, 0.3) is 0 Å². The largest absolute Gasteiger partial charge is 0.534 e. The molecule has 0 aliphatic carbocycles. The van der Waals surface area contributed by atoms with Crippen LogP contribution in [0.15, 0.2) is 84.9 Å². The van der Waals surface area contributed by atoms with E-state index in [2.05, 4.69) is 83.1 Å². The molecular formula is C30H38O3SSi. The molecule has 0 aromatic heterocycles. The second kappa shape index (κ2) is 12.5. The Morgan fingerprint density at radius 2 is 1.46 bits per heavy atom. The molecule has 0 spiro atoms. The first-order valence-corrected chi connectivity index (χ1v) is 15.5. The topological polar surface area (TPSA) is 35.5 Å². The normalized spacial score (nSPS) is 12.7. The van der Waals surface area contributed by atoms with Crippen molar-refractivity contribution in [3.8, 4) is 11.5 Å². The average Bonchev–Trinajstić information content (AvgIpc) is 2.83. The predicted octanol–water partition coefficient (Wildman–Crippen LogP) is 6.70. The number of rotatable bonds is 11. The summed E-state index contributed by atoms with van der Waals surface area (Å²) in [5, 5.41) is 2.27. The van der Waals surface area contributed by atoms with Gasteiger partial charge in [0.2, 0.25) is 0 Å². The van der Waals surface area contributed by atoms with Crippen LogP contribution >= 0.6 is 11.8 Å². The molecule has 0 bridgehead atoms. The fraction of sp³-hybridized carbons (Fsp3) is 0.367. The number of esters is 1. The Bertz CT molecular complexity index is 1020. The molecule has 5 heteroatoms. The lowest BCUT2D eigenvalue weighted by Crippen LogP contribution is -2.68. The number of hydrogen-bond donors (Lipinski definition) is 0. The predicted molar refractivity (Wildman–Crippen MR) is 152 cm³/mol. The molecule has 0 aliphatic heterocycles. The van der Waals surface area contributed by atoms with Crippen LogP contribution < -0.4 is 19.5 Å². The van der Waals surface area contributed by atoms with E-state index < -0.39 is 8.32 Å². The van der Waals surface area contributed by atoms with Crippen LogP contribution in [0.2, 0.25) is 5.04 Å². The average molecular weight is 507 g/mol. The molecule has 0 radical (unpaired) electrons. The van der Waals surface area contributed by atoms with Crippen LogP contribution in [0, 0.1) is 5.92 Å². The molecule has 0 saturated heterocycles. The van der Waals surface area contributed by atoms with E-state index in [0.717, 1.165) is 23.7 Å². The highest BCUT2D eigenvalue weighted by Gasteiger charge is 2.52. The molecule has 1 atom stereocenters. The first kappa shape index (κ1) is 27.1. The van der Waals surface area contributed by atoms with Gasteiger partial charge in [0.25, 0.3) is 0 Å². The Hall–Kier alpha value is -2.50. The van der Waals surface area contributed by atoms with Crippen molar-refractivity contribution in [2.75, 3.05) is 11.5 Å². The lowest BCUT2D eigenvalue weighted by molar-refractivity contribution is -0.135. The first-order chi connectivity index (χ1) is 16.8. The molecule has 0 aliphatic rings. The van der Waals surface area contributed by atoms with Crippen molar-refractivity contribution in [3.05, 3.63) is 84.9 Å². The standard InChI is InChI=1S/C30H38O3SSi/c1-6-34-21-20-24(2)22-29(31)32-25-14-13-15-26(23-25)33-35(30(3,4)5,27-16-9-7-10-17-27)28-18-11-8-12-19-28/h7-19,23-24H,6,20-22H2,1-5H3. The number of benzene rings is 3. The van der Waals surface area contributed by atoms with Gasteiger partial charge in [0, 0.05) is 12.5 Å². The van der Waals surface area contributed by atoms with Gasteiger partial charge in [0.1, 0.15) is 11.5 Å². The highest BCUT2D eigenvalue weighted by atomic mass is 32.2. The van der Waals surface area contributed by atoms with Crippen LogP contribution in [0.3, 0.4) is 0 Å². The van der Waals surface area contributed by atoms with Crippen LogP contribution in [-0.4, -0.2) is 25.8 Å². The van der Waals surface area contributed by atoms with E-state index >= 15 is 0 Å². The van der Waals surface area contributed by atoms with E-state index in [0.29, 0.717) is 18.1 Å². The number of hydrogen-bond acceptors (Lipinski definition) is 4. The van der Waals surface area contributed by atoms with Gasteiger partial charge in [0.05, 0.1) is 0 Å². The van der Waals surface area contributed by atoms with Gasteiger partial charge in [-0.05, 0) is 51.4 Å². The SMILES string of the molecule is CCSCCC(C)CC(=O)Oc1cccc(O[Si](c2ccccc2)(c2ccccc2)C(C)(C)C)c1. The van der Waals surface area contributed by atoms with Crippen molar-refractivity contribution in [1.29, 1.82) is 0 Å². The molecule has 0 fully saturated rings. The summed E-state index contributed by atoms with van der Waals surface area (Å²) in [6.07, 6.45) is 1.44. The van der Waals surface area contributed by atoms with E-state index in [1.807, 2.05) is 48.2 Å². The summed E-state index contributed by atoms with van der Waals surface area (Å²) in [5.41, 5.74) is 0. The molecule has 35 heavy (non-hydrogen) atoms. The van der Waals surface area contributed by atoms with Crippen molar-refractivity contribution in [2.45, 2.75) is 52.5 Å². The Labute approximate surface area is 216 Å². The van der Waals surface area contributed by atoms with Gasteiger partial charge in [0.15, 0.2) is 0 Å². The van der Waals surface area contributed by atoms with Gasteiger partial charge in [-0.2, -0.15) is 11.8 Å². The number of carbonyl (C=O) groups is 1. The van der Waals surface area contributed by atoms with Gasteiger partial charge in [-0.3, -0.25) is 4.79 Å². The van der Waals surface area contributed by atoms with Crippen LogP contribution in [0.1, 0.15) is 47.5 Å². The van der Waals surface area contributed by atoms with Crippen molar-refractivity contribution in [3.63, 3.8) is 0 Å². The van der Waals surface area contributed by atoms with E-state index in [1.54, 1.807) is 0 Å². The quantitative estimate of drug-likeness (QED) is 0.125. The van der Waals surface area contributed by atoms with Gasteiger partial charge >= 0.3 is 14.3 Å². The van der Waals surface area contributed by atoms with Gasteiger partial charge in [-0.15, -0.1) is 0 Å². The minimum absolute atomic E-state index is 0.145. The van der Waals surface area contributed by atoms with E-state index in [9.17, 15) is 4.79 Å². The lowest BCUT2D eigenvalue weighted by Gasteiger charge is -2.43. The summed E-state index contributed by atoms with van der Waals surface area (Å²) in [4.78, 5) is 12.6. The zero-order valence-corrected chi connectivity index (χ0v) is 23.4. The van der Waals surface area contributed by atoms with Crippen molar-refractivity contribution < 1.29 is 14.0 Å². The second-order valence-electron chi connectivity index (χ2n) is 10.0. The summed E-state index contributed by atoms with van der Waals surface area (Å²) in [6, 6.07) is 28.6. The Balaban J connectivity index is 1.88. The molecular weight excluding hydrogens is 468 g/mol. The third-order valence-corrected chi connectivity index (χ3v) is 12.1. The molecule has 3 rings (SSSR count). The summed E-state index contributed by atoms with van der Waals surface area (Å²) in [6.45, 7) is 11.0. The van der Waals surface area contributed by atoms with Gasteiger partial charge < -0.3 is 9.16 Å². The maximum absolute atomic E-state index is 12.6. The van der Waals surface area contributed by atoms with Crippen LogP contribution in [0.5, 0.6) is 11.5 Å². The lowest BCUT2D eigenvalue weighted by atomic mass is 10.1. The molecule has 3 nitrogen and oxygen atoms in total. The number of ether oxygens (including phenoxy) is 1. The minimum Gasteiger partial charge on any atom is -0.534 e. The molecule has 3 aromatic carbocycles. The zero-order valence-electron chi connectivity index (χ0n) is 21.6. The van der Waals surface area contributed by atoms with E-state index in [4.69, 9.17) is 9.16 Å². The summed E-state index contributed by atoms with van der Waals surface area (Å²) in [5.74, 6) is 3.54. The third-order valence-electron chi connectivity index (χ3n) is 6.20. The fourth-order valence-corrected chi connectivity index (χ4v) is 9.69. The highest BCUT2D eigenvalue weighted by molar-refractivity contribution is 7.99. The van der Waals surface area contributed by atoms with Gasteiger partial charge in [-0.1, -0.05) is 101 Å². The van der Waals surface area contributed by atoms with Crippen LogP contribution in [-0.2, 0) is 4.79 Å². The Morgan fingerprint density at radius 1 is 0.886 bits per heavy atom. The van der Waals surface area contributed by atoms with Crippen LogP contribution in [0.4, 0.5) is 0 Å². The Morgan fingerprint density at radius 3 is 2.00 bits per heavy atom. The fourth-order valence-electron chi connectivity index (χ4n) is 4.42. The summed E-state index contributed by atoms with van der Waals surface area (Å²) in [7, 11) is -2.74. The first-order valence-electron chi connectivity index (χ1n) is 12.4. The van der Waals surface area contributed by atoms with E-state index in [-0.39, 0.29) is 11.0 Å². The van der Waals surface area contributed by atoms with Crippen molar-refractivity contribution >= 4 is 36.4 Å². The maximum Gasteiger partial charge on any atom is 0.319 e. The van der Waals surface area contributed by atoms with E-state index in [1.165, 1.54) is 10.4 Å². The van der Waals surface area contributed by atoms with Crippen molar-refractivity contribution in [1.82, 2.24) is 0 Å². The highest BCUT2D eigenvalue weighted by Crippen LogP contribution is 2.38. The molecule has 1 unspecified atom stereocenters. The maximum atomic E-state index is 12.6. The molecule has 0 N–H and O–H groups in total. The van der Waals surface area contributed by atoms with Crippen molar-refractivity contribution in [2.24, 2.45) is 5.92 Å². The molecule has 186 valence electrons. The third kappa shape index (κ3) is 7.02. The summed E-state index contributed by atoms with van der Waals surface area (Å²) < 4.78 is 12.8. The van der Waals surface area contributed by atoms with Gasteiger partial charge in [-0.25, -0.2) is 0 Å². The zero-order chi connectivity index (χ0) is 25.3. The molecule has 3 aromatic rings. The second-order valence-corrected chi connectivity index (χ2v) is 15.6. The number of thioether (sulfide) groups is 1. The monoisotopic (exact) mass is 506 g/mol. The molecule has 0 amide bonds. The molecule has 0 saturated carbocycles. The smallest absolute Gasteiger partial charge is 0.319 e.